The molecule has 0 amide bonds. The van der Waals surface area contributed by atoms with Crippen molar-refractivity contribution in [2.24, 2.45) is 0 Å². The molecule has 0 saturated carbocycles. The minimum absolute atomic E-state index is 0.0569. The smallest absolute Gasteiger partial charge is 0.303 e. The van der Waals surface area contributed by atoms with Crippen LogP contribution in [-0.4, -0.2) is 66.6 Å². The third kappa shape index (κ3) is 5.62. The molecule has 3 aliphatic heterocycles. The average Bonchev–Trinajstić information content (AvgIpc) is 3.13. The molecule has 0 aromatic heterocycles. The summed E-state index contributed by atoms with van der Waals surface area (Å²) in [5.74, 6) is -2.03. The van der Waals surface area contributed by atoms with Gasteiger partial charge in [-0.2, -0.15) is 0 Å². The predicted octanol–water partition coefficient (Wildman–Crippen LogP) is 2.43. The van der Waals surface area contributed by atoms with Gasteiger partial charge in [-0.05, 0) is 40.5 Å². The molecule has 5 atom stereocenters. The van der Waals surface area contributed by atoms with E-state index in [1.807, 2.05) is 27.7 Å². The van der Waals surface area contributed by atoms with E-state index >= 15 is 0 Å². The van der Waals surface area contributed by atoms with Gasteiger partial charge in [0.2, 0.25) is 0 Å². The van der Waals surface area contributed by atoms with Gasteiger partial charge in [0.05, 0.1) is 18.8 Å². The number of carboxylic acid groups (broad SMARTS) is 1. The number of fused-ring (bicyclic) bond motifs is 1. The highest BCUT2D eigenvalue weighted by Crippen LogP contribution is 2.41. The van der Waals surface area contributed by atoms with Gasteiger partial charge in [0.15, 0.2) is 17.9 Å². The largest absolute Gasteiger partial charge is 0.481 e. The second kappa shape index (κ2) is 8.31. The molecular formula is C19H32O8. The first-order chi connectivity index (χ1) is 12.7. The molecule has 0 bridgehead atoms. The monoisotopic (exact) mass is 388 g/mol. The first-order valence-corrected chi connectivity index (χ1v) is 9.81. The first kappa shape index (κ1) is 21.0. The lowest BCUT2D eigenvalue weighted by atomic mass is 10.0. The second-order valence-electron chi connectivity index (χ2n) is 8.37. The highest BCUT2D eigenvalue weighted by atomic mass is 16.8. The van der Waals surface area contributed by atoms with E-state index in [0.29, 0.717) is 26.1 Å². The number of carbonyl (C=O) groups is 1. The third-order valence-electron chi connectivity index (χ3n) is 5.00. The van der Waals surface area contributed by atoms with Crippen molar-refractivity contribution in [3.63, 3.8) is 0 Å². The van der Waals surface area contributed by atoms with E-state index in [2.05, 4.69) is 0 Å². The number of ether oxygens (including phenoxy) is 6. The minimum atomic E-state index is -0.761. The van der Waals surface area contributed by atoms with Crippen molar-refractivity contribution in [3.8, 4) is 0 Å². The van der Waals surface area contributed by atoms with Crippen LogP contribution in [0.15, 0.2) is 0 Å². The molecule has 27 heavy (non-hydrogen) atoms. The molecule has 3 aliphatic rings. The molecule has 5 unspecified atom stereocenters. The molecule has 0 aromatic carbocycles. The molecule has 3 heterocycles. The van der Waals surface area contributed by atoms with Crippen LogP contribution in [0.3, 0.4) is 0 Å². The minimum Gasteiger partial charge on any atom is -0.481 e. The van der Waals surface area contributed by atoms with Crippen molar-refractivity contribution >= 4 is 5.97 Å². The fourth-order valence-corrected chi connectivity index (χ4v) is 3.85. The zero-order valence-electron chi connectivity index (χ0n) is 16.6. The summed E-state index contributed by atoms with van der Waals surface area (Å²) >= 11 is 0. The van der Waals surface area contributed by atoms with E-state index in [9.17, 15) is 4.79 Å². The molecule has 156 valence electrons. The Kier molecular flexibility index (Phi) is 6.45. The molecule has 3 saturated heterocycles. The van der Waals surface area contributed by atoms with Crippen LogP contribution in [0.25, 0.3) is 0 Å². The Hall–Kier alpha value is -0.770. The number of rotatable bonds is 9. The van der Waals surface area contributed by atoms with Crippen molar-refractivity contribution in [1.29, 1.82) is 0 Å². The normalized spacial score (nSPS) is 36.8. The number of hydrogen-bond donors (Lipinski definition) is 1. The van der Waals surface area contributed by atoms with E-state index in [1.165, 1.54) is 0 Å². The lowest BCUT2D eigenvalue weighted by molar-refractivity contribution is -0.222. The summed E-state index contributed by atoms with van der Waals surface area (Å²) in [6.45, 7) is 8.59. The molecular weight excluding hydrogens is 356 g/mol. The number of carboxylic acids is 1. The Balaban J connectivity index is 1.51. The van der Waals surface area contributed by atoms with Crippen molar-refractivity contribution in [2.45, 2.75) is 102 Å². The zero-order chi connectivity index (χ0) is 19.7. The molecule has 8 nitrogen and oxygen atoms in total. The predicted molar refractivity (Wildman–Crippen MR) is 94.1 cm³/mol. The molecule has 0 aliphatic carbocycles. The van der Waals surface area contributed by atoms with Crippen LogP contribution in [0.2, 0.25) is 0 Å². The summed E-state index contributed by atoms with van der Waals surface area (Å²) in [4.78, 5) is 10.6. The van der Waals surface area contributed by atoms with Crippen LogP contribution in [0.1, 0.15) is 59.8 Å². The van der Waals surface area contributed by atoms with Gasteiger partial charge < -0.3 is 33.5 Å². The zero-order valence-corrected chi connectivity index (χ0v) is 16.6. The van der Waals surface area contributed by atoms with Crippen molar-refractivity contribution in [3.05, 3.63) is 0 Å². The lowest BCUT2D eigenvalue weighted by Crippen LogP contribution is -2.39. The molecule has 8 heteroatoms. The highest BCUT2D eigenvalue weighted by molar-refractivity contribution is 5.66. The van der Waals surface area contributed by atoms with Crippen molar-refractivity contribution in [2.75, 3.05) is 13.2 Å². The average molecular weight is 388 g/mol. The van der Waals surface area contributed by atoms with Crippen molar-refractivity contribution < 1.29 is 38.3 Å². The van der Waals surface area contributed by atoms with Gasteiger partial charge in [0.25, 0.3) is 0 Å². The Morgan fingerprint density at radius 2 is 1.85 bits per heavy atom. The van der Waals surface area contributed by atoms with Gasteiger partial charge in [-0.25, -0.2) is 0 Å². The van der Waals surface area contributed by atoms with Crippen LogP contribution < -0.4 is 0 Å². The van der Waals surface area contributed by atoms with E-state index < -0.39 is 23.8 Å². The van der Waals surface area contributed by atoms with Crippen LogP contribution in [0.4, 0.5) is 0 Å². The summed E-state index contributed by atoms with van der Waals surface area (Å²) in [5.41, 5.74) is 0. The molecule has 1 N–H and O–H groups in total. The molecule has 0 aromatic rings. The van der Waals surface area contributed by atoms with Gasteiger partial charge in [-0.1, -0.05) is 6.42 Å². The summed E-state index contributed by atoms with van der Waals surface area (Å²) in [6, 6.07) is 0. The Morgan fingerprint density at radius 3 is 2.52 bits per heavy atom. The standard InChI is InChI=1S/C19H32O8/c1-18(2)23-11-12(25-18)10-13-15(22-9-7-5-6-8-14(20)21)16-17(24-13)27-19(3,4)26-16/h12-13,15-17H,5-11H2,1-4H3,(H,20,21). The van der Waals surface area contributed by atoms with Gasteiger partial charge in [0.1, 0.15) is 12.2 Å². The van der Waals surface area contributed by atoms with Crippen LogP contribution in [0, 0.1) is 0 Å². The Morgan fingerprint density at radius 1 is 1.07 bits per heavy atom. The Labute approximate surface area is 160 Å². The van der Waals surface area contributed by atoms with Crippen molar-refractivity contribution in [1.82, 2.24) is 0 Å². The summed E-state index contributed by atoms with van der Waals surface area (Å²) in [7, 11) is 0. The number of hydrogen-bond acceptors (Lipinski definition) is 7. The maximum Gasteiger partial charge on any atom is 0.303 e. The topological polar surface area (TPSA) is 92.7 Å². The first-order valence-electron chi connectivity index (χ1n) is 9.81. The molecule has 0 radical (unpaired) electrons. The third-order valence-corrected chi connectivity index (χ3v) is 5.00. The summed E-state index contributed by atoms with van der Waals surface area (Å²) < 4.78 is 35.6. The fraction of sp³-hybridized carbons (Fsp3) is 0.947. The molecule has 0 spiro atoms. The van der Waals surface area contributed by atoms with E-state index in [0.717, 1.165) is 12.8 Å². The van der Waals surface area contributed by atoms with Crippen LogP contribution >= 0.6 is 0 Å². The maximum atomic E-state index is 10.6. The summed E-state index contributed by atoms with van der Waals surface area (Å²) in [6.07, 6.45) is 1.89. The molecule has 3 fully saturated rings. The Bertz CT molecular complexity index is 520. The number of unbranched alkanes of at least 4 members (excludes halogenated alkanes) is 2. The maximum absolute atomic E-state index is 10.6. The van der Waals surface area contributed by atoms with Crippen LogP contribution in [0.5, 0.6) is 0 Å². The van der Waals surface area contributed by atoms with Crippen LogP contribution in [-0.2, 0) is 33.2 Å². The van der Waals surface area contributed by atoms with E-state index in [4.69, 9.17) is 33.5 Å². The van der Waals surface area contributed by atoms with Gasteiger partial charge in [0, 0.05) is 19.4 Å². The molecule has 3 rings (SSSR count). The fourth-order valence-electron chi connectivity index (χ4n) is 3.85. The SMILES string of the molecule is CC1(C)OCC(CC2OC3OC(C)(C)OC3C2OCCCCCC(=O)O)O1. The highest BCUT2D eigenvalue weighted by Gasteiger charge is 2.56. The summed E-state index contributed by atoms with van der Waals surface area (Å²) in [5, 5.41) is 8.70. The number of aliphatic carboxylic acids is 1. The lowest BCUT2D eigenvalue weighted by Gasteiger charge is -2.27. The van der Waals surface area contributed by atoms with Gasteiger partial charge in [-0.3, -0.25) is 4.79 Å². The van der Waals surface area contributed by atoms with Gasteiger partial charge >= 0.3 is 5.97 Å². The van der Waals surface area contributed by atoms with E-state index in [1.54, 1.807) is 0 Å². The quantitative estimate of drug-likeness (QED) is 0.602. The second-order valence-corrected chi connectivity index (χ2v) is 8.37. The van der Waals surface area contributed by atoms with Gasteiger partial charge in [-0.15, -0.1) is 0 Å². The van der Waals surface area contributed by atoms with E-state index in [-0.39, 0.29) is 30.8 Å².